The predicted octanol–water partition coefficient (Wildman–Crippen LogP) is 3.48. The number of ether oxygens (including phenoxy) is 1. The van der Waals surface area contributed by atoms with Crippen molar-refractivity contribution in [2.45, 2.75) is 6.54 Å². The number of carbonyl (C=O) groups is 2. The number of carbonyl (C=O) groups excluding carboxylic acids is 2. The Morgan fingerprint density at radius 2 is 1.81 bits per heavy atom. The van der Waals surface area contributed by atoms with Gasteiger partial charge in [-0.1, -0.05) is 35.9 Å². The second-order valence-corrected chi connectivity index (χ2v) is 6.76. The van der Waals surface area contributed by atoms with Crippen LogP contribution < -0.4 is 5.32 Å². The van der Waals surface area contributed by atoms with Crippen LogP contribution in [0.5, 0.6) is 0 Å². The second kappa shape index (κ2) is 8.88. The average Bonchev–Trinajstić information content (AvgIpc) is 2.70. The summed E-state index contributed by atoms with van der Waals surface area (Å²) in [5, 5.41) is 3.61. The summed E-state index contributed by atoms with van der Waals surface area (Å²) in [4.78, 5) is 28.2. The molecule has 2 aromatic carbocycles. The maximum absolute atomic E-state index is 12.5. The third-order valence-corrected chi connectivity index (χ3v) is 4.91. The van der Waals surface area contributed by atoms with E-state index in [1.54, 1.807) is 29.2 Å². The molecule has 0 unspecified atom stereocenters. The minimum absolute atomic E-state index is 0.172. The highest BCUT2D eigenvalue weighted by molar-refractivity contribution is 6.31. The van der Waals surface area contributed by atoms with Crippen LogP contribution in [0.3, 0.4) is 0 Å². The Morgan fingerprint density at radius 3 is 2.52 bits per heavy atom. The van der Waals surface area contributed by atoms with Crippen LogP contribution in [0.1, 0.15) is 15.9 Å². The van der Waals surface area contributed by atoms with Crippen LogP contribution in [-0.2, 0) is 11.3 Å². The number of anilines is 1. The van der Waals surface area contributed by atoms with E-state index in [1.807, 2.05) is 24.3 Å². The number of nitrogens with zero attached hydrogens (tertiary/aromatic N) is 2. The Hall–Kier alpha value is -2.57. The third-order valence-electron chi connectivity index (χ3n) is 4.55. The molecule has 0 aromatic heterocycles. The van der Waals surface area contributed by atoms with Crippen LogP contribution in [0.4, 0.5) is 10.5 Å². The Labute approximate surface area is 163 Å². The summed E-state index contributed by atoms with van der Waals surface area (Å²) in [6.45, 7) is 3.60. The molecule has 0 bridgehead atoms. The molecule has 6 nitrogen and oxygen atoms in total. The molecule has 1 aliphatic rings. The highest BCUT2D eigenvalue weighted by atomic mass is 35.5. The first-order valence-electron chi connectivity index (χ1n) is 8.77. The number of nitrogens with one attached hydrogen (secondary N) is 1. The lowest BCUT2D eigenvalue weighted by molar-refractivity contribution is 0.0600. The zero-order valence-corrected chi connectivity index (χ0v) is 15.9. The van der Waals surface area contributed by atoms with E-state index in [4.69, 9.17) is 16.3 Å². The van der Waals surface area contributed by atoms with Gasteiger partial charge < -0.3 is 15.0 Å². The quantitative estimate of drug-likeness (QED) is 0.816. The van der Waals surface area contributed by atoms with Gasteiger partial charge in [-0.2, -0.15) is 0 Å². The van der Waals surface area contributed by atoms with E-state index in [1.165, 1.54) is 7.11 Å². The molecule has 3 rings (SSSR count). The maximum atomic E-state index is 12.5. The van der Waals surface area contributed by atoms with Crippen LogP contribution in [0.2, 0.25) is 5.02 Å². The molecular weight excluding hydrogens is 366 g/mol. The van der Waals surface area contributed by atoms with E-state index in [2.05, 4.69) is 10.2 Å². The standard InChI is InChI=1S/C20H22ClN3O3/c1-27-19(25)15-6-4-7-17(13-15)22-20(26)24-11-9-23(10-12-24)14-16-5-2-3-8-18(16)21/h2-8,13H,9-12,14H2,1H3,(H,22,26). The van der Waals surface area contributed by atoms with E-state index in [0.29, 0.717) is 24.3 Å². The first-order chi connectivity index (χ1) is 13.1. The number of hydrogen-bond donors (Lipinski definition) is 1. The molecule has 1 fully saturated rings. The lowest BCUT2D eigenvalue weighted by atomic mass is 10.2. The number of amides is 2. The van der Waals surface area contributed by atoms with E-state index in [9.17, 15) is 9.59 Å². The van der Waals surface area contributed by atoms with Crippen molar-refractivity contribution in [2.75, 3.05) is 38.6 Å². The summed E-state index contributed by atoms with van der Waals surface area (Å²) in [5.74, 6) is -0.431. The fourth-order valence-corrected chi connectivity index (χ4v) is 3.22. The molecule has 27 heavy (non-hydrogen) atoms. The van der Waals surface area contributed by atoms with Gasteiger partial charge in [0.2, 0.25) is 0 Å². The number of rotatable bonds is 4. The number of esters is 1. The number of hydrogen-bond acceptors (Lipinski definition) is 4. The summed E-state index contributed by atoms with van der Waals surface area (Å²) < 4.78 is 4.70. The monoisotopic (exact) mass is 387 g/mol. The van der Waals surface area contributed by atoms with Crippen molar-refractivity contribution >= 4 is 29.3 Å². The molecular formula is C20H22ClN3O3. The van der Waals surface area contributed by atoms with Crippen molar-refractivity contribution < 1.29 is 14.3 Å². The summed E-state index contributed by atoms with van der Waals surface area (Å²) >= 11 is 6.22. The Morgan fingerprint density at radius 1 is 1.07 bits per heavy atom. The van der Waals surface area contributed by atoms with Crippen molar-refractivity contribution in [3.63, 3.8) is 0 Å². The van der Waals surface area contributed by atoms with Gasteiger partial charge in [0.05, 0.1) is 12.7 Å². The Bertz CT molecular complexity index is 820. The molecule has 2 aromatic rings. The van der Waals surface area contributed by atoms with Gasteiger partial charge in [-0.25, -0.2) is 9.59 Å². The van der Waals surface area contributed by atoms with E-state index < -0.39 is 5.97 Å². The number of methoxy groups -OCH3 is 1. The van der Waals surface area contributed by atoms with Gasteiger partial charge in [0.1, 0.15) is 0 Å². The third kappa shape index (κ3) is 4.99. The molecule has 0 spiro atoms. The molecule has 0 saturated carbocycles. The minimum Gasteiger partial charge on any atom is -0.465 e. The minimum atomic E-state index is -0.431. The predicted molar refractivity (Wildman–Crippen MR) is 105 cm³/mol. The van der Waals surface area contributed by atoms with Crippen molar-refractivity contribution in [3.05, 3.63) is 64.7 Å². The molecule has 0 atom stereocenters. The molecule has 1 aliphatic heterocycles. The van der Waals surface area contributed by atoms with Crippen molar-refractivity contribution in [1.82, 2.24) is 9.80 Å². The highest BCUT2D eigenvalue weighted by Gasteiger charge is 2.21. The van der Waals surface area contributed by atoms with Crippen molar-refractivity contribution in [3.8, 4) is 0 Å². The van der Waals surface area contributed by atoms with Gasteiger partial charge in [-0.05, 0) is 29.8 Å². The number of urea groups is 1. The summed E-state index contributed by atoms with van der Waals surface area (Å²) in [6, 6.07) is 14.4. The molecule has 142 valence electrons. The van der Waals surface area contributed by atoms with Gasteiger partial charge in [0.25, 0.3) is 0 Å². The summed E-state index contributed by atoms with van der Waals surface area (Å²) in [5.41, 5.74) is 2.07. The van der Waals surface area contributed by atoms with Crippen LogP contribution in [-0.4, -0.2) is 55.1 Å². The zero-order chi connectivity index (χ0) is 19.2. The fourth-order valence-electron chi connectivity index (χ4n) is 3.02. The molecule has 2 amide bonds. The maximum Gasteiger partial charge on any atom is 0.337 e. The van der Waals surface area contributed by atoms with Crippen LogP contribution in [0.15, 0.2) is 48.5 Å². The van der Waals surface area contributed by atoms with Crippen LogP contribution in [0, 0.1) is 0 Å². The average molecular weight is 388 g/mol. The van der Waals surface area contributed by atoms with Gasteiger partial charge in [-0.3, -0.25) is 4.90 Å². The van der Waals surface area contributed by atoms with E-state index in [0.717, 1.165) is 30.2 Å². The molecule has 1 N–H and O–H groups in total. The van der Waals surface area contributed by atoms with Gasteiger partial charge >= 0.3 is 12.0 Å². The van der Waals surface area contributed by atoms with Gasteiger partial charge in [-0.15, -0.1) is 0 Å². The summed E-state index contributed by atoms with van der Waals surface area (Å²) in [7, 11) is 1.33. The van der Waals surface area contributed by atoms with Crippen molar-refractivity contribution in [2.24, 2.45) is 0 Å². The second-order valence-electron chi connectivity index (χ2n) is 6.36. The molecule has 1 heterocycles. The Balaban J connectivity index is 1.53. The van der Waals surface area contributed by atoms with Gasteiger partial charge in [0, 0.05) is 43.4 Å². The SMILES string of the molecule is COC(=O)c1cccc(NC(=O)N2CCN(Cc3ccccc3Cl)CC2)c1. The van der Waals surface area contributed by atoms with Crippen molar-refractivity contribution in [1.29, 1.82) is 0 Å². The zero-order valence-electron chi connectivity index (χ0n) is 15.2. The first-order valence-corrected chi connectivity index (χ1v) is 9.14. The smallest absolute Gasteiger partial charge is 0.337 e. The normalized spacial score (nSPS) is 14.7. The molecule has 1 saturated heterocycles. The van der Waals surface area contributed by atoms with Crippen LogP contribution in [0.25, 0.3) is 0 Å². The number of benzene rings is 2. The molecule has 0 aliphatic carbocycles. The fraction of sp³-hybridized carbons (Fsp3) is 0.300. The molecule has 0 radical (unpaired) electrons. The topological polar surface area (TPSA) is 61.9 Å². The Kier molecular flexibility index (Phi) is 6.32. The van der Waals surface area contributed by atoms with E-state index in [-0.39, 0.29) is 6.03 Å². The highest BCUT2D eigenvalue weighted by Crippen LogP contribution is 2.18. The lowest BCUT2D eigenvalue weighted by Gasteiger charge is -2.34. The lowest BCUT2D eigenvalue weighted by Crippen LogP contribution is -2.49. The first kappa shape index (κ1) is 19.2. The molecule has 7 heteroatoms. The van der Waals surface area contributed by atoms with Gasteiger partial charge in [0.15, 0.2) is 0 Å². The van der Waals surface area contributed by atoms with E-state index >= 15 is 0 Å². The summed E-state index contributed by atoms with van der Waals surface area (Å²) in [6.07, 6.45) is 0. The number of halogens is 1. The number of piperazine rings is 1. The largest absolute Gasteiger partial charge is 0.465 e. The van der Waals surface area contributed by atoms with Crippen LogP contribution >= 0.6 is 11.6 Å².